The molecule has 6 rings (SSSR count). The minimum absolute atomic E-state index is 0.106. The second kappa shape index (κ2) is 14.4. The summed E-state index contributed by atoms with van der Waals surface area (Å²) < 4.78 is 30.2. The summed E-state index contributed by atoms with van der Waals surface area (Å²) in [6.45, 7) is 3.03. The maximum atomic E-state index is 14.2. The molecule has 1 N–H and O–H groups in total. The first kappa shape index (κ1) is 31.7. The lowest BCUT2D eigenvalue weighted by Gasteiger charge is -2.40. The molecule has 2 fully saturated rings. The molecule has 0 radical (unpaired) electrons. The van der Waals surface area contributed by atoms with E-state index in [1.54, 1.807) is 28.6 Å². The van der Waals surface area contributed by atoms with E-state index in [0.717, 1.165) is 70.1 Å². The van der Waals surface area contributed by atoms with E-state index in [1.807, 2.05) is 42.5 Å². The van der Waals surface area contributed by atoms with Crippen molar-refractivity contribution < 1.29 is 13.5 Å². The number of aryl methyl sites for hydroxylation is 1. The van der Waals surface area contributed by atoms with Crippen LogP contribution >= 0.6 is 0 Å². The summed E-state index contributed by atoms with van der Waals surface area (Å²) in [5.41, 5.74) is 3.02. The van der Waals surface area contributed by atoms with Crippen molar-refractivity contribution in [2.24, 2.45) is 5.92 Å². The van der Waals surface area contributed by atoms with Gasteiger partial charge in [-0.15, -0.1) is 0 Å². The molecule has 1 heterocycles. The average Bonchev–Trinajstić information content (AvgIpc) is 3.49. The fourth-order valence-corrected chi connectivity index (χ4v) is 9.20. The lowest BCUT2D eigenvalue weighted by atomic mass is 9.84. The third kappa shape index (κ3) is 7.93. The normalized spacial score (nSPS) is 22.0. The molecule has 1 aliphatic heterocycles. The van der Waals surface area contributed by atoms with Crippen molar-refractivity contribution in [1.82, 2.24) is 9.21 Å². The molecule has 4 aromatic carbocycles. The number of likely N-dealkylation sites (tertiary alicyclic amines) is 1. The molecular formula is C39H46N2O3S. The number of aliphatic hydroxyl groups is 1. The molecule has 0 aromatic heterocycles. The van der Waals surface area contributed by atoms with Crippen LogP contribution in [0.15, 0.2) is 126 Å². The number of piperidine rings is 1. The molecule has 2 aliphatic rings. The van der Waals surface area contributed by atoms with E-state index >= 15 is 0 Å². The molecule has 1 saturated carbocycles. The second-order valence-corrected chi connectivity index (χ2v) is 15.0. The van der Waals surface area contributed by atoms with Gasteiger partial charge in [-0.2, -0.15) is 4.31 Å². The van der Waals surface area contributed by atoms with Crippen molar-refractivity contribution in [3.8, 4) is 0 Å². The fraction of sp³-hybridized carbons (Fsp3) is 0.385. The van der Waals surface area contributed by atoms with Gasteiger partial charge in [0.1, 0.15) is 0 Å². The first-order valence-electron chi connectivity index (χ1n) is 16.5. The zero-order valence-corrected chi connectivity index (χ0v) is 26.9. The highest BCUT2D eigenvalue weighted by atomic mass is 32.2. The first-order valence-corrected chi connectivity index (χ1v) is 18.0. The highest BCUT2D eigenvalue weighted by molar-refractivity contribution is 7.89. The van der Waals surface area contributed by atoms with Gasteiger partial charge in [-0.1, -0.05) is 109 Å². The maximum absolute atomic E-state index is 14.2. The van der Waals surface area contributed by atoms with Crippen LogP contribution in [0.4, 0.5) is 0 Å². The molecule has 0 spiro atoms. The van der Waals surface area contributed by atoms with Crippen molar-refractivity contribution >= 4 is 10.0 Å². The number of sulfonamides is 1. The van der Waals surface area contributed by atoms with Gasteiger partial charge in [0.25, 0.3) is 0 Å². The number of hydrogen-bond donors (Lipinski definition) is 1. The molecule has 0 bridgehead atoms. The van der Waals surface area contributed by atoms with Gasteiger partial charge in [-0.3, -0.25) is 0 Å². The molecule has 0 amide bonds. The summed E-state index contributed by atoms with van der Waals surface area (Å²) in [6, 6.07) is 39.9. The lowest BCUT2D eigenvalue weighted by molar-refractivity contribution is -0.0318. The second-order valence-electron chi connectivity index (χ2n) is 13.1. The summed E-state index contributed by atoms with van der Waals surface area (Å²) in [7, 11) is -3.70. The van der Waals surface area contributed by atoms with E-state index in [1.165, 1.54) is 11.1 Å². The van der Waals surface area contributed by atoms with Gasteiger partial charge in [-0.25, -0.2) is 8.42 Å². The highest BCUT2D eigenvalue weighted by Gasteiger charge is 2.43. The molecule has 1 saturated heterocycles. The smallest absolute Gasteiger partial charge is 0.243 e. The largest absolute Gasteiger partial charge is 0.390 e. The van der Waals surface area contributed by atoms with Gasteiger partial charge in [-0.05, 0) is 85.6 Å². The predicted molar refractivity (Wildman–Crippen MR) is 181 cm³/mol. The van der Waals surface area contributed by atoms with Gasteiger partial charge < -0.3 is 10.0 Å². The van der Waals surface area contributed by atoms with E-state index in [2.05, 4.69) is 59.5 Å². The molecule has 236 valence electrons. The number of nitrogens with zero attached hydrogens (tertiary/aromatic N) is 2. The summed E-state index contributed by atoms with van der Waals surface area (Å²) in [6.07, 6.45) is 6.02. The minimum Gasteiger partial charge on any atom is -0.390 e. The van der Waals surface area contributed by atoms with Crippen LogP contribution in [0.5, 0.6) is 0 Å². The average molecular weight is 623 g/mol. The van der Waals surface area contributed by atoms with Crippen LogP contribution < -0.4 is 0 Å². The first-order chi connectivity index (χ1) is 21.9. The Kier molecular flexibility index (Phi) is 10.2. The molecule has 4 aromatic rings. The van der Waals surface area contributed by atoms with Crippen LogP contribution in [-0.2, 0) is 23.0 Å². The Morgan fingerprint density at radius 2 is 1.29 bits per heavy atom. The van der Waals surface area contributed by atoms with Crippen LogP contribution in [0.25, 0.3) is 0 Å². The molecule has 5 nitrogen and oxygen atoms in total. The maximum Gasteiger partial charge on any atom is 0.243 e. The molecule has 1 aliphatic carbocycles. The van der Waals surface area contributed by atoms with E-state index in [9.17, 15) is 13.5 Å². The van der Waals surface area contributed by atoms with Crippen LogP contribution in [0.1, 0.15) is 61.1 Å². The van der Waals surface area contributed by atoms with Gasteiger partial charge in [0.2, 0.25) is 10.0 Å². The minimum atomic E-state index is -3.70. The standard InChI is InChI=1S/C39H46N2O3S/c42-39(23-13-18-32-14-5-1-6-15-32)24-26-40(27-25-39)31-35-28-36(29-38(35)34-19-9-3-10-20-34)41(30-33-16-7-2-8-17-33)45(43,44)37-21-11-4-12-22-37/h1-12,14-17,19-22,35-36,38,42H,13,18,23-31H2/t35-,36?,38-/m1/s1. The van der Waals surface area contributed by atoms with Crippen molar-refractivity contribution in [2.75, 3.05) is 19.6 Å². The van der Waals surface area contributed by atoms with E-state index in [-0.39, 0.29) is 12.0 Å². The Bertz CT molecular complexity index is 1570. The number of hydrogen-bond acceptors (Lipinski definition) is 4. The van der Waals surface area contributed by atoms with Crippen molar-refractivity contribution in [3.05, 3.63) is 138 Å². The molecular weight excluding hydrogens is 577 g/mol. The predicted octanol–water partition coefficient (Wildman–Crippen LogP) is 7.29. The number of rotatable bonds is 12. The van der Waals surface area contributed by atoms with E-state index in [4.69, 9.17) is 0 Å². The Balaban J connectivity index is 1.17. The zero-order chi connectivity index (χ0) is 31.1. The lowest BCUT2D eigenvalue weighted by Crippen LogP contribution is -2.46. The molecule has 3 atom stereocenters. The Morgan fingerprint density at radius 3 is 1.91 bits per heavy atom. The van der Waals surface area contributed by atoms with Crippen LogP contribution in [0.2, 0.25) is 0 Å². The molecule has 6 heteroatoms. The van der Waals surface area contributed by atoms with Gasteiger partial charge in [0.15, 0.2) is 0 Å². The van der Waals surface area contributed by atoms with E-state index < -0.39 is 15.6 Å². The summed E-state index contributed by atoms with van der Waals surface area (Å²) in [5, 5.41) is 11.4. The summed E-state index contributed by atoms with van der Waals surface area (Å²) in [4.78, 5) is 2.87. The third-order valence-electron chi connectivity index (χ3n) is 10.1. The van der Waals surface area contributed by atoms with Gasteiger partial charge >= 0.3 is 0 Å². The van der Waals surface area contributed by atoms with Crippen LogP contribution in [0.3, 0.4) is 0 Å². The van der Waals surface area contributed by atoms with Crippen molar-refractivity contribution in [3.63, 3.8) is 0 Å². The van der Waals surface area contributed by atoms with Crippen molar-refractivity contribution in [2.45, 2.75) is 73.9 Å². The summed E-state index contributed by atoms with van der Waals surface area (Å²) >= 11 is 0. The molecule has 45 heavy (non-hydrogen) atoms. The summed E-state index contributed by atoms with van der Waals surface area (Å²) in [5.74, 6) is 0.595. The fourth-order valence-electron chi connectivity index (χ4n) is 7.54. The van der Waals surface area contributed by atoms with E-state index in [0.29, 0.717) is 17.4 Å². The van der Waals surface area contributed by atoms with Crippen LogP contribution in [-0.4, -0.2) is 54.0 Å². The molecule has 1 unspecified atom stereocenters. The Morgan fingerprint density at radius 1 is 0.733 bits per heavy atom. The Labute approximate surface area is 269 Å². The monoisotopic (exact) mass is 622 g/mol. The topological polar surface area (TPSA) is 60.9 Å². The van der Waals surface area contributed by atoms with Gasteiger partial charge in [0.05, 0.1) is 10.5 Å². The SMILES string of the molecule is O=S(=O)(c1ccccc1)N(Cc1ccccc1)C1C[C@H](CN2CCC(O)(CCCc3ccccc3)CC2)[C@@H](c2ccccc2)C1. The third-order valence-corrected chi connectivity index (χ3v) is 12.0. The zero-order valence-electron chi connectivity index (χ0n) is 26.1. The Hall–Kier alpha value is -3.29. The van der Waals surface area contributed by atoms with Crippen LogP contribution in [0, 0.1) is 5.92 Å². The van der Waals surface area contributed by atoms with Gasteiger partial charge in [0, 0.05) is 32.2 Å². The highest BCUT2D eigenvalue weighted by Crippen LogP contribution is 2.44. The quantitative estimate of drug-likeness (QED) is 0.180. The van der Waals surface area contributed by atoms with Crippen molar-refractivity contribution in [1.29, 1.82) is 0 Å². The number of benzene rings is 4.